The van der Waals surface area contributed by atoms with Crippen LogP contribution >= 0.6 is 11.6 Å². The second-order valence-electron chi connectivity index (χ2n) is 5.71. The molecule has 0 aliphatic heterocycles. The summed E-state index contributed by atoms with van der Waals surface area (Å²) in [6, 6.07) is 22.4. The van der Waals surface area contributed by atoms with Gasteiger partial charge in [-0.1, -0.05) is 29.8 Å². The maximum absolute atomic E-state index is 10.9. The molecule has 4 nitrogen and oxygen atoms in total. The average Bonchev–Trinajstić information content (AvgIpc) is 3.02. The van der Waals surface area contributed by atoms with Gasteiger partial charge in [-0.25, -0.2) is 0 Å². The first-order valence-electron chi connectivity index (χ1n) is 7.74. The van der Waals surface area contributed by atoms with Gasteiger partial charge in [0.25, 0.3) is 5.69 Å². The van der Waals surface area contributed by atoms with Crippen molar-refractivity contribution in [3.8, 4) is 22.4 Å². The number of nitro groups is 1. The fourth-order valence-corrected chi connectivity index (χ4v) is 3.13. The van der Waals surface area contributed by atoms with E-state index in [0.29, 0.717) is 5.02 Å². The van der Waals surface area contributed by atoms with Crippen molar-refractivity contribution >= 4 is 22.8 Å². The highest BCUT2D eigenvalue weighted by Gasteiger charge is 2.15. The zero-order valence-electron chi connectivity index (χ0n) is 13.1. The van der Waals surface area contributed by atoms with Crippen molar-refractivity contribution in [3.63, 3.8) is 0 Å². The van der Waals surface area contributed by atoms with Crippen LogP contribution in [0.25, 0.3) is 27.9 Å². The molecule has 0 saturated carbocycles. The number of hydrogen-bond donors (Lipinski definition) is 0. The molecule has 2 aromatic heterocycles. The van der Waals surface area contributed by atoms with E-state index in [1.807, 2.05) is 48.7 Å². The minimum absolute atomic E-state index is 0.0812. The lowest BCUT2D eigenvalue weighted by Crippen LogP contribution is -1.91. The van der Waals surface area contributed by atoms with Crippen LogP contribution in [0.1, 0.15) is 0 Å². The highest BCUT2D eigenvalue weighted by molar-refractivity contribution is 6.30. The van der Waals surface area contributed by atoms with Gasteiger partial charge in [-0.3, -0.25) is 10.1 Å². The molecule has 4 rings (SSSR count). The van der Waals surface area contributed by atoms with Crippen molar-refractivity contribution in [2.45, 2.75) is 0 Å². The van der Waals surface area contributed by atoms with Gasteiger partial charge in [-0.05, 0) is 53.6 Å². The standard InChI is InChI=1S/C20H13ClN2O2/c21-16-8-4-14(5-9-16)19-13-18-3-1-2-12-22(18)20(19)15-6-10-17(11-7-15)23(24)25/h1-13H. The van der Waals surface area contributed by atoms with Crippen LogP contribution in [0.4, 0.5) is 5.69 Å². The lowest BCUT2D eigenvalue weighted by atomic mass is 10.0. The molecule has 2 aromatic carbocycles. The average molecular weight is 349 g/mol. The van der Waals surface area contributed by atoms with E-state index >= 15 is 0 Å². The molecule has 0 aliphatic rings. The Labute approximate surface area is 149 Å². The van der Waals surface area contributed by atoms with Crippen LogP contribution in [-0.2, 0) is 0 Å². The summed E-state index contributed by atoms with van der Waals surface area (Å²) in [5.41, 5.74) is 5.14. The van der Waals surface area contributed by atoms with Crippen molar-refractivity contribution in [2.24, 2.45) is 0 Å². The molecule has 0 fully saturated rings. The van der Waals surface area contributed by atoms with E-state index in [1.54, 1.807) is 12.1 Å². The second-order valence-corrected chi connectivity index (χ2v) is 6.15. The fraction of sp³-hybridized carbons (Fsp3) is 0. The van der Waals surface area contributed by atoms with E-state index in [-0.39, 0.29) is 10.6 Å². The van der Waals surface area contributed by atoms with Crippen LogP contribution in [0.3, 0.4) is 0 Å². The third kappa shape index (κ3) is 2.77. The summed E-state index contributed by atoms with van der Waals surface area (Å²) in [4.78, 5) is 10.5. The second kappa shape index (κ2) is 6.07. The molecule has 25 heavy (non-hydrogen) atoms. The van der Waals surface area contributed by atoms with Crippen LogP contribution in [0, 0.1) is 10.1 Å². The molecule has 4 aromatic rings. The van der Waals surface area contributed by atoms with E-state index < -0.39 is 0 Å². The van der Waals surface area contributed by atoms with E-state index in [2.05, 4.69) is 10.5 Å². The predicted octanol–water partition coefficient (Wildman–Crippen LogP) is 5.83. The Morgan fingerprint density at radius 2 is 1.56 bits per heavy atom. The van der Waals surface area contributed by atoms with Crippen LogP contribution in [-0.4, -0.2) is 9.32 Å². The summed E-state index contributed by atoms with van der Waals surface area (Å²) in [5.74, 6) is 0. The maximum atomic E-state index is 10.9. The molecule has 0 unspecified atom stereocenters. The fourth-order valence-electron chi connectivity index (χ4n) is 3.01. The molecule has 0 amide bonds. The molecule has 2 heterocycles. The lowest BCUT2D eigenvalue weighted by molar-refractivity contribution is -0.384. The molecular formula is C20H13ClN2O2. The Bertz CT molecular complexity index is 1070. The van der Waals surface area contributed by atoms with Gasteiger partial charge in [0, 0.05) is 34.4 Å². The maximum Gasteiger partial charge on any atom is 0.269 e. The molecular weight excluding hydrogens is 336 g/mol. The van der Waals surface area contributed by atoms with Crippen LogP contribution in [0.5, 0.6) is 0 Å². The van der Waals surface area contributed by atoms with Gasteiger partial charge in [-0.15, -0.1) is 0 Å². The van der Waals surface area contributed by atoms with Crippen molar-refractivity contribution in [1.82, 2.24) is 4.40 Å². The first-order chi connectivity index (χ1) is 12.1. The number of hydrogen-bond acceptors (Lipinski definition) is 2. The van der Waals surface area contributed by atoms with Gasteiger partial charge in [0.2, 0.25) is 0 Å². The van der Waals surface area contributed by atoms with Crippen molar-refractivity contribution < 1.29 is 4.92 Å². The van der Waals surface area contributed by atoms with E-state index in [1.165, 1.54) is 12.1 Å². The normalized spacial score (nSPS) is 10.9. The van der Waals surface area contributed by atoms with Gasteiger partial charge in [0.1, 0.15) is 0 Å². The molecule has 0 spiro atoms. The zero-order chi connectivity index (χ0) is 17.4. The number of nitro benzene ring substituents is 1. The highest BCUT2D eigenvalue weighted by atomic mass is 35.5. The molecule has 0 bridgehead atoms. The Kier molecular flexibility index (Phi) is 3.75. The minimum atomic E-state index is -0.389. The number of benzene rings is 2. The quantitative estimate of drug-likeness (QED) is 0.345. The van der Waals surface area contributed by atoms with Crippen LogP contribution in [0.2, 0.25) is 5.02 Å². The van der Waals surface area contributed by atoms with Gasteiger partial charge in [0.05, 0.1) is 10.6 Å². The zero-order valence-corrected chi connectivity index (χ0v) is 13.9. The van der Waals surface area contributed by atoms with Gasteiger partial charge in [0.15, 0.2) is 0 Å². The van der Waals surface area contributed by atoms with Gasteiger partial charge < -0.3 is 4.40 Å². The van der Waals surface area contributed by atoms with Gasteiger partial charge >= 0.3 is 0 Å². The topological polar surface area (TPSA) is 47.5 Å². The molecule has 0 saturated heterocycles. The number of non-ortho nitro benzene ring substituents is 1. The smallest absolute Gasteiger partial charge is 0.269 e. The third-order valence-corrected chi connectivity index (χ3v) is 4.44. The summed E-state index contributed by atoms with van der Waals surface area (Å²) in [5, 5.41) is 11.6. The molecule has 0 radical (unpaired) electrons. The molecule has 0 aliphatic carbocycles. The first kappa shape index (κ1) is 15.4. The lowest BCUT2D eigenvalue weighted by Gasteiger charge is -2.08. The Balaban J connectivity index is 1.96. The Morgan fingerprint density at radius 1 is 0.880 bits per heavy atom. The Morgan fingerprint density at radius 3 is 2.24 bits per heavy atom. The van der Waals surface area contributed by atoms with Crippen LogP contribution in [0.15, 0.2) is 79.0 Å². The molecule has 0 atom stereocenters. The third-order valence-electron chi connectivity index (χ3n) is 4.19. The number of fused-ring (bicyclic) bond motifs is 1. The van der Waals surface area contributed by atoms with E-state index in [0.717, 1.165) is 27.9 Å². The SMILES string of the molecule is O=[N+]([O-])c1ccc(-c2c(-c3ccc(Cl)cc3)cc3ccccn23)cc1. The van der Waals surface area contributed by atoms with Crippen LogP contribution < -0.4 is 0 Å². The first-order valence-corrected chi connectivity index (χ1v) is 8.12. The van der Waals surface area contributed by atoms with E-state index in [4.69, 9.17) is 11.6 Å². The largest absolute Gasteiger partial charge is 0.316 e. The van der Waals surface area contributed by atoms with E-state index in [9.17, 15) is 10.1 Å². The summed E-state index contributed by atoms with van der Waals surface area (Å²) in [7, 11) is 0. The number of nitrogens with zero attached hydrogens (tertiary/aromatic N) is 2. The monoisotopic (exact) mass is 348 g/mol. The summed E-state index contributed by atoms with van der Waals surface area (Å²) in [6.07, 6.45) is 1.99. The summed E-state index contributed by atoms with van der Waals surface area (Å²) in [6.45, 7) is 0. The number of rotatable bonds is 3. The van der Waals surface area contributed by atoms with Crippen molar-refractivity contribution in [1.29, 1.82) is 0 Å². The summed E-state index contributed by atoms with van der Waals surface area (Å²) >= 11 is 6.01. The highest BCUT2D eigenvalue weighted by Crippen LogP contribution is 2.36. The summed E-state index contributed by atoms with van der Waals surface area (Å²) < 4.78 is 2.09. The Hall–Kier alpha value is -3.11. The number of pyridine rings is 1. The number of halogens is 1. The van der Waals surface area contributed by atoms with Crippen molar-refractivity contribution in [2.75, 3.05) is 0 Å². The minimum Gasteiger partial charge on any atom is -0.316 e. The molecule has 5 heteroatoms. The van der Waals surface area contributed by atoms with Crippen molar-refractivity contribution in [3.05, 3.63) is 94.1 Å². The number of aromatic nitrogens is 1. The predicted molar refractivity (Wildman–Crippen MR) is 99.9 cm³/mol. The van der Waals surface area contributed by atoms with Gasteiger partial charge in [-0.2, -0.15) is 0 Å². The molecule has 122 valence electrons. The molecule has 0 N–H and O–H groups in total.